The number of aryl methyl sites for hydroxylation is 1. The van der Waals surface area contributed by atoms with Gasteiger partial charge in [0.2, 0.25) is 0 Å². The van der Waals surface area contributed by atoms with Gasteiger partial charge in [-0.2, -0.15) is 8.78 Å². The molecule has 23 heavy (non-hydrogen) atoms. The highest BCUT2D eigenvalue weighted by atomic mass is 32.2. The van der Waals surface area contributed by atoms with Crippen LogP contribution in [0.15, 0.2) is 50.6 Å². The molecule has 2 rings (SSSR count). The van der Waals surface area contributed by atoms with E-state index in [9.17, 15) is 22.0 Å². The molecule has 1 aromatic heterocycles. The predicted octanol–water partition coefficient (Wildman–Crippen LogP) is 4.00. The number of thioether (sulfide) groups is 1. The molecule has 1 heterocycles. The maximum atomic E-state index is 14.5. The van der Waals surface area contributed by atoms with Crippen molar-refractivity contribution in [1.82, 2.24) is 0 Å². The van der Waals surface area contributed by atoms with Crippen molar-refractivity contribution in [3.63, 3.8) is 0 Å². The van der Waals surface area contributed by atoms with Crippen LogP contribution in [0.2, 0.25) is 0 Å². The van der Waals surface area contributed by atoms with E-state index >= 15 is 0 Å². The first kappa shape index (κ1) is 17.7. The molecule has 0 aliphatic rings. The number of carbonyl (C=O) groups is 1. The van der Waals surface area contributed by atoms with E-state index in [2.05, 4.69) is 0 Å². The van der Waals surface area contributed by atoms with Gasteiger partial charge in [0.05, 0.1) is 9.79 Å². The molecule has 4 nitrogen and oxygen atoms in total. The molecule has 0 aliphatic carbocycles. The number of benzene rings is 1. The standard InChI is InChI=1S/C15H14F2O4S2/c1-3-12-13(22-10(2)18)9-14(21-12)15(16,17)23(19,20)11-7-5-4-6-8-11/h4-9H,3H2,1-2H3. The lowest BCUT2D eigenvalue weighted by Crippen LogP contribution is -2.25. The van der Waals surface area contributed by atoms with Gasteiger partial charge in [-0.05, 0) is 23.9 Å². The zero-order valence-corrected chi connectivity index (χ0v) is 14.0. The third-order valence-electron chi connectivity index (χ3n) is 3.02. The summed E-state index contributed by atoms with van der Waals surface area (Å²) in [5, 5.41) is -4.53. The summed E-state index contributed by atoms with van der Waals surface area (Å²) in [6.07, 6.45) is 0.261. The van der Waals surface area contributed by atoms with E-state index in [0.29, 0.717) is 0 Å². The van der Waals surface area contributed by atoms with Gasteiger partial charge in [0.1, 0.15) is 5.76 Å². The molecule has 1 aromatic carbocycles. The van der Waals surface area contributed by atoms with E-state index < -0.39 is 25.7 Å². The largest absolute Gasteiger partial charge is 0.457 e. The van der Waals surface area contributed by atoms with Gasteiger partial charge >= 0.3 is 5.25 Å². The van der Waals surface area contributed by atoms with Crippen molar-refractivity contribution in [2.24, 2.45) is 0 Å². The Kier molecular flexibility index (Phi) is 4.95. The summed E-state index contributed by atoms with van der Waals surface area (Å²) in [6.45, 7) is 2.95. The Hall–Kier alpha value is -1.67. The average Bonchev–Trinajstić information content (AvgIpc) is 2.90. The summed E-state index contributed by atoms with van der Waals surface area (Å²) in [5.41, 5.74) is 0. The second-order valence-electron chi connectivity index (χ2n) is 4.68. The molecule has 0 saturated carbocycles. The molecule has 124 valence electrons. The van der Waals surface area contributed by atoms with Crippen LogP contribution in [-0.4, -0.2) is 13.5 Å². The predicted molar refractivity (Wildman–Crippen MR) is 82.1 cm³/mol. The molecule has 8 heteroatoms. The number of alkyl halides is 2. The van der Waals surface area contributed by atoms with E-state index in [1.165, 1.54) is 25.1 Å². The number of hydrogen-bond donors (Lipinski definition) is 0. The molecular weight excluding hydrogens is 346 g/mol. The molecular formula is C15H14F2O4S2. The Labute approximate surface area is 136 Å². The zero-order chi connectivity index (χ0) is 17.3. The second kappa shape index (κ2) is 6.45. The Morgan fingerprint density at radius 3 is 2.39 bits per heavy atom. The monoisotopic (exact) mass is 360 g/mol. The van der Waals surface area contributed by atoms with Gasteiger partial charge in [-0.1, -0.05) is 25.1 Å². The number of sulfone groups is 1. The van der Waals surface area contributed by atoms with Crippen LogP contribution in [-0.2, 0) is 26.3 Å². The van der Waals surface area contributed by atoms with Crippen molar-refractivity contribution >= 4 is 26.7 Å². The molecule has 0 amide bonds. The minimum Gasteiger partial charge on any atom is -0.457 e. The minimum absolute atomic E-state index is 0.156. The lowest BCUT2D eigenvalue weighted by molar-refractivity contribution is -0.109. The lowest BCUT2D eigenvalue weighted by Gasteiger charge is -2.14. The van der Waals surface area contributed by atoms with Crippen molar-refractivity contribution in [1.29, 1.82) is 0 Å². The van der Waals surface area contributed by atoms with Crippen LogP contribution >= 0.6 is 11.8 Å². The van der Waals surface area contributed by atoms with Crippen molar-refractivity contribution < 1.29 is 26.4 Å². The Balaban J connectivity index is 2.51. The molecule has 0 N–H and O–H groups in total. The summed E-state index contributed by atoms with van der Waals surface area (Å²) < 4.78 is 58.5. The highest BCUT2D eigenvalue weighted by molar-refractivity contribution is 8.13. The van der Waals surface area contributed by atoms with Crippen molar-refractivity contribution in [3.8, 4) is 0 Å². The normalized spacial score (nSPS) is 12.3. The highest BCUT2D eigenvalue weighted by Crippen LogP contribution is 2.42. The second-order valence-corrected chi connectivity index (χ2v) is 7.89. The molecule has 0 spiro atoms. The first-order chi connectivity index (χ1) is 10.7. The zero-order valence-electron chi connectivity index (χ0n) is 12.4. The maximum Gasteiger partial charge on any atom is 0.406 e. The fourth-order valence-corrected chi connectivity index (χ4v) is 3.88. The first-order valence-corrected chi connectivity index (χ1v) is 8.99. The number of carbonyl (C=O) groups excluding carboxylic acids is 1. The van der Waals surface area contributed by atoms with Crippen LogP contribution in [0.1, 0.15) is 25.4 Å². The number of furan rings is 1. The number of hydrogen-bond acceptors (Lipinski definition) is 5. The summed E-state index contributed by atoms with van der Waals surface area (Å²) in [4.78, 5) is 10.9. The molecule has 0 atom stereocenters. The fourth-order valence-electron chi connectivity index (χ4n) is 1.92. The van der Waals surface area contributed by atoms with Gasteiger partial charge in [-0.25, -0.2) is 8.42 Å². The minimum atomic E-state index is -4.95. The van der Waals surface area contributed by atoms with Crippen LogP contribution in [0.3, 0.4) is 0 Å². The van der Waals surface area contributed by atoms with E-state index in [1.807, 2.05) is 0 Å². The van der Waals surface area contributed by atoms with E-state index in [-0.39, 0.29) is 22.2 Å². The van der Waals surface area contributed by atoms with E-state index in [0.717, 1.165) is 30.0 Å². The third kappa shape index (κ3) is 3.32. The Bertz CT molecular complexity index is 811. The fraction of sp³-hybridized carbons (Fsp3) is 0.267. The van der Waals surface area contributed by atoms with Crippen molar-refractivity contribution in [3.05, 3.63) is 47.9 Å². The van der Waals surface area contributed by atoms with Gasteiger partial charge in [-0.15, -0.1) is 0 Å². The van der Waals surface area contributed by atoms with Crippen molar-refractivity contribution in [2.75, 3.05) is 0 Å². The van der Waals surface area contributed by atoms with Crippen LogP contribution in [0.4, 0.5) is 8.78 Å². The van der Waals surface area contributed by atoms with Crippen LogP contribution in [0.5, 0.6) is 0 Å². The Morgan fingerprint density at radius 2 is 1.87 bits per heavy atom. The molecule has 0 unspecified atom stereocenters. The van der Waals surface area contributed by atoms with Gasteiger partial charge < -0.3 is 4.42 Å². The average molecular weight is 360 g/mol. The van der Waals surface area contributed by atoms with Gasteiger partial charge in [0.25, 0.3) is 9.84 Å². The van der Waals surface area contributed by atoms with Crippen LogP contribution < -0.4 is 0 Å². The van der Waals surface area contributed by atoms with E-state index in [4.69, 9.17) is 4.42 Å². The highest BCUT2D eigenvalue weighted by Gasteiger charge is 2.51. The number of rotatable bonds is 5. The number of halogens is 2. The molecule has 0 aliphatic heterocycles. The van der Waals surface area contributed by atoms with Crippen LogP contribution in [0, 0.1) is 0 Å². The maximum absolute atomic E-state index is 14.5. The molecule has 0 fully saturated rings. The smallest absolute Gasteiger partial charge is 0.406 e. The molecule has 0 saturated heterocycles. The SMILES string of the molecule is CCc1oc(C(F)(F)S(=O)(=O)c2ccccc2)cc1SC(C)=O. The van der Waals surface area contributed by atoms with Gasteiger partial charge in [0.15, 0.2) is 10.9 Å². The topological polar surface area (TPSA) is 64.3 Å². The molecule has 2 aromatic rings. The molecule has 0 bridgehead atoms. The van der Waals surface area contributed by atoms with Crippen LogP contribution in [0.25, 0.3) is 0 Å². The van der Waals surface area contributed by atoms with Gasteiger partial charge in [-0.3, -0.25) is 4.79 Å². The first-order valence-electron chi connectivity index (χ1n) is 6.69. The summed E-state index contributed by atoms with van der Waals surface area (Å²) in [7, 11) is -4.95. The summed E-state index contributed by atoms with van der Waals surface area (Å²) >= 11 is 0.732. The third-order valence-corrected chi connectivity index (χ3v) is 5.64. The quantitative estimate of drug-likeness (QED) is 0.754. The molecule has 0 radical (unpaired) electrons. The van der Waals surface area contributed by atoms with E-state index in [1.54, 1.807) is 6.92 Å². The summed E-state index contributed by atoms with van der Waals surface area (Å²) in [6, 6.07) is 7.36. The Morgan fingerprint density at radius 1 is 1.26 bits per heavy atom. The summed E-state index contributed by atoms with van der Waals surface area (Å²) in [5.74, 6) is -0.829. The van der Waals surface area contributed by atoms with Gasteiger partial charge in [0, 0.05) is 19.4 Å². The lowest BCUT2D eigenvalue weighted by atomic mass is 10.3. The van der Waals surface area contributed by atoms with Crippen molar-refractivity contribution in [2.45, 2.75) is 35.3 Å².